The van der Waals surface area contributed by atoms with E-state index in [1.807, 2.05) is 80.2 Å². The molecule has 85 heavy (non-hydrogen) atoms. The van der Waals surface area contributed by atoms with Gasteiger partial charge in [-0.1, -0.05) is 55.8 Å². The molecule has 3 N–H and O–H groups in total. The van der Waals surface area contributed by atoms with Gasteiger partial charge in [-0.25, -0.2) is 39.5 Å². The summed E-state index contributed by atoms with van der Waals surface area (Å²) in [6.45, 7) is 19.9. The molecule has 0 fully saturated rings. The minimum atomic E-state index is -0.549. The van der Waals surface area contributed by atoms with Gasteiger partial charge >= 0.3 is 24.1 Å². The first-order valence-corrected chi connectivity index (χ1v) is 31.0. The molecular formula is C64H98N12O9. The molecular weight excluding hydrogens is 1080 g/mol. The molecule has 0 saturated carbocycles. The van der Waals surface area contributed by atoms with Crippen molar-refractivity contribution in [1.29, 1.82) is 0 Å². The number of aromatic nitrogens is 6. The van der Waals surface area contributed by atoms with Crippen molar-refractivity contribution in [3.63, 3.8) is 0 Å². The van der Waals surface area contributed by atoms with Gasteiger partial charge in [0.2, 0.25) is 0 Å². The highest BCUT2D eigenvalue weighted by molar-refractivity contribution is 5.89. The van der Waals surface area contributed by atoms with Crippen molar-refractivity contribution in [2.45, 2.75) is 227 Å². The molecule has 6 rings (SSSR count). The fraction of sp³-hybridized carbons (Fsp3) is 0.656. The second kappa shape index (κ2) is 38.3. The number of azide groups is 1. The third-order valence-electron chi connectivity index (χ3n) is 14.0. The molecule has 0 unspecified atom stereocenters. The Morgan fingerprint density at radius 1 is 0.612 bits per heavy atom. The van der Waals surface area contributed by atoms with E-state index in [-0.39, 0.29) is 42.6 Å². The van der Waals surface area contributed by atoms with Crippen molar-refractivity contribution in [3.05, 3.63) is 105 Å². The van der Waals surface area contributed by atoms with Crippen LogP contribution in [-0.2, 0) is 67.1 Å². The summed E-state index contributed by atoms with van der Waals surface area (Å²) < 4.78 is 21.7. The van der Waals surface area contributed by atoms with Crippen LogP contribution in [0.15, 0.2) is 54.2 Å². The highest BCUT2D eigenvalue weighted by Gasteiger charge is 2.30. The number of ether oxygens (including phenoxy) is 4. The fourth-order valence-corrected chi connectivity index (χ4v) is 9.96. The normalized spacial score (nSPS) is 13.5. The van der Waals surface area contributed by atoms with Crippen LogP contribution in [0.2, 0.25) is 0 Å². The highest BCUT2D eigenvalue weighted by atomic mass is 16.6. The Balaban J connectivity index is 0.000000349. The minimum absolute atomic E-state index is 0.00226. The Kier molecular flexibility index (Phi) is 31.8. The van der Waals surface area contributed by atoms with E-state index in [9.17, 15) is 19.2 Å². The monoisotopic (exact) mass is 1180 g/mol. The quantitative estimate of drug-likeness (QED) is 0.0128. The SMILES string of the molecule is CCO.CCOC(=O)C[C@H](CCCCCCc1ccc2c(n1)N(C(=O)OC(C)(C)C)CCC2)c1cnc(CCCN)nc1.CCOC(=O)C[C@H](CCCCCCc1ccc2c(n1)N(C(=O)OC(C)(C)C)CCC2)c1cnc(CCCN=[N+]=[N-])nc1. The molecule has 0 saturated heterocycles. The number of carbonyl (C=O) groups excluding carboxylic acids is 4. The van der Waals surface area contributed by atoms with Crippen LogP contribution in [0.1, 0.15) is 222 Å². The number of hydrogen-bond donors (Lipinski definition) is 2. The number of carbonyl (C=O) groups is 4. The summed E-state index contributed by atoms with van der Waals surface area (Å²) in [6.07, 6.45) is 25.5. The average Bonchev–Trinajstić information content (AvgIpc) is 3.67. The number of fused-ring (bicyclic) bond motifs is 2. The number of hydrogen-bond acceptors (Lipinski definition) is 17. The summed E-state index contributed by atoms with van der Waals surface area (Å²) in [7, 11) is 0. The lowest BCUT2D eigenvalue weighted by molar-refractivity contribution is -0.144. The van der Waals surface area contributed by atoms with Crippen LogP contribution in [0.5, 0.6) is 0 Å². The van der Waals surface area contributed by atoms with Crippen LogP contribution < -0.4 is 15.5 Å². The summed E-state index contributed by atoms with van der Waals surface area (Å²) in [4.78, 5) is 83.8. The molecule has 0 spiro atoms. The zero-order valence-corrected chi connectivity index (χ0v) is 52.5. The number of pyridine rings is 2. The molecule has 21 nitrogen and oxygen atoms in total. The molecule has 6 heterocycles. The summed E-state index contributed by atoms with van der Waals surface area (Å²) in [5.74, 6) is 2.63. The highest BCUT2D eigenvalue weighted by Crippen LogP contribution is 2.31. The van der Waals surface area contributed by atoms with E-state index in [1.54, 1.807) is 16.7 Å². The van der Waals surface area contributed by atoms with Crippen LogP contribution in [0.25, 0.3) is 10.4 Å². The standard InChI is InChI=1S/C31H45N7O4.C31H47N5O4.C2H6O/c1-5-41-28(39)20-24(25-21-33-27(34-22-25)15-10-18-35-37-32)12-8-6-7-9-14-26-17-16-23-13-11-19-38(29(23)36-26)30(40)42-31(2,3)4;1-5-39-28(37)20-24(25-21-33-27(34-22-25)15-10-18-32)12-8-6-7-9-14-26-17-16-23-13-11-19-36(29(23)35-26)30(38)40-31(2,3)4;1-2-3/h16-17,21-22,24H,5-15,18-20H2,1-4H3;16-17,21-22,24H,5-15,18-20,32H2,1-4H3;3H,2H2,1H3/t2*24-;/m00./s1. The van der Waals surface area contributed by atoms with Gasteiger partial charge in [-0.15, -0.1) is 0 Å². The van der Waals surface area contributed by atoms with E-state index in [2.05, 4.69) is 54.2 Å². The summed E-state index contributed by atoms with van der Waals surface area (Å²) in [6, 6.07) is 8.37. The topological polar surface area (TPSA) is 284 Å². The maximum atomic E-state index is 12.8. The fourth-order valence-electron chi connectivity index (χ4n) is 9.96. The number of aliphatic hydroxyl groups excluding tert-OH is 1. The van der Waals surface area contributed by atoms with Crippen molar-refractivity contribution in [1.82, 2.24) is 29.9 Å². The predicted octanol–water partition coefficient (Wildman–Crippen LogP) is 12.7. The Bertz CT molecular complexity index is 2670. The van der Waals surface area contributed by atoms with E-state index in [0.717, 1.165) is 167 Å². The Labute approximate surface area is 505 Å². The lowest BCUT2D eigenvalue weighted by Gasteiger charge is -2.31. The first-order valence-electron chi connectivity index (χ1n) is 31.0. The second-order valence-electron chi connectivity index (χ2n) is 23.5. The van der Waals surface area contributed by atoms with Gasteiger partial charge in [0.15, 0.2) is 0 Å². The van der Waals surface area contributed by atoms with Gasteiger partial charge in [-0.3, -0.25) is 19.4 Å². The number of rotatable bonds is 29. The van der Waals surface area contributed by atoms with Crippen molar-refractivity contribution < 1.29 is 43.2 Å². The predicted molar refractivity (Wildman–Crippen MR) is 330 cm³/mol. The van der Waals surface area contributed by atoms with Gasteiger partial charge in [-0.05, 0) is 198 Å². The lowest BCUT2D eigenvalue weighted by Crippen LogP contribution is -2.40. The van der Waals surface area contributed by atoms with Crippen LogP contribution in [0, 0.1) is 0 Å². The van der Waals surface area contributed by atoms with Crippen molar-refractivity contribution in [3.8, 4) is 0 Å². The molecule has 2 aliphatic rings. The first kappa shape index (κ1) is 70.7. The molecule has 0 radical (unpaired) electrons. The molecule has 2 atom stereocenters. The molecule has 468 valence electrons. The Morgan fingerprint density at radius 2 is 1.01 bits per heavy atom. The van der Waals surface area contributed by atoms with E-state index in [4.69, 9.17) is 45.3 Å². The minimum Gasteiger partial charge on any atom is -0.466 e. The summed E-state index contributed by atoms with van der Waals surface area (Å²) >= 11 is 0. The summed E-state index contributed by atoms with van der Waals surface area (Å²) in [5, 5.41) is 11.1. The average molecular weight is 1180 g/mol. The number of amides is 2. The van der Waals surface area contributed by atoms with Gasteiger partial charge < -0.3 is 29.8 Å². The number of unbranched alkanes of at least 4 members (excludes halogenated alkanes) is 6. The number of aliphatic hydroxyl groups is 1. The first-order chi connectivity index (χ1) is 40.8. The van der Waals surface area contributed by atoms with Crippen LogP contribution >= 0.6 is 0 Å². The second-order valence-corrected chi connectivity index (χ2v) is 23.5. The molecule has 0 bridgehead atoms. The molecule has 0 aromatic carbocycles. The molecule has 4 aromatic heterocycles. The van der Waals surface area contributed by atoms with E-state index < -0.39 is 11.2 Å². The van der Waals surface area contributed by atoms with Crippen LogP contribution in [0.3, 0.4) is 0 Å². The molecule has 2 amide bonds. The van der Waals surface area contributed by atoms with Gasteiger partial charge in [0, 0.05) is 80.2 Å². The zero-order chi connectivity index (χ0) is 62.0. The summed E-state index contributed by atoms with van der Waals surface area (Å²) in [5.41, 5.74) is 19.0. The van der Waals surface area contributed by atoms with Crippen LogP contribution in [0.4, 0.5) is 21.2 Å². The van der Waals surface area contributed by atoms with Gasteiger partial charge in [0.1, 0.15) is 34.5 Å². The smallest absolute Gasteiger partial charge is 0.416 e. The van der Waals surface area contributed by atoms with E-state index in [1.165, 1.54) is 0 Å². The molecule has 4 aromatic rings. The van der Waals surface area contributed by atoms with E-state index >= 15 is 0 Å². The number of nitrogens with zero attached hydrogens (tertiary/aromatic N) is 11. The zero-order valence-electron chi connectivity index (χ0n) is 52.5. The van der Waals surface area contributed by atoms with Crippen molar-refractivity contribution in [2.24, 2.45) is 10.8 Å². The maximum absolute atomic E-state index is 12.8. The maximum Gasteiger partial charge on any atom is 0.416 e. The van der Waals surface area contributed by atoms with Gasteiger partial charge in [-0.2, -0.15) is 0 Å². The third kappa shape index (κ3) is 27.0. The van der Waals surface area contributed by atoms with Crippen LogP contribution in [-0.4, -0.2) is 116 Å². The van der Waals surface area contributed by atoms with Crippen molar-refractivity contribution in [2.75, 3.05) is 55.8 Å². The Morgan fingerprint density at radius 3 is 1.39 bits per heavy atom. The molecule has 2 aliphatic heterocycles. The van der Waals surface area contributed by atoms with Gasteiger partial charge in [0.25, 0.3) is 0 Å². The van der Waals surface area contributed by atoms with E-state index in [0.29, 0.717) is 70.9 Å². The molecule has 0 aliphatic carbocycles. The van der Waals surface area contributed by atoms with Gasteiger partial charge in [0.05, 0.1) is 26.1 Å². The largest absolute Gasteiger partial charge is 0.466 e. The number of esters is 2. The number of anilines is 2. The Hall–Kier alpha value is -6.83. The molecule has 21 heteroatoms. The number of aryl methyl sites for hydroxylation is 6. The lowest BCUT2D eigenvalue weighted by atomic mass is 9.92. The number of nitrogens with two attached hydrogens (primary N) is 1. The third-order valence-corrected chi connectivity index (χ3v) is 14.0. The van der Waals surface area contributed by atoms with Crippen molar-refractivity contribution >= 4 is 35.8 Å².